The molecule has 1 saturated heterocycles. The van der Waals surface area contributed by atoms with Crippen molar-refractivity contribution in [1.29, 1.82) is 0 Å². The molecule has 1 atom stereocenters. The zero-order valence-corrected chi connectivity index (χ0v) is 16.0. The summed E-state index contributed by atoms with van der Waals surface area (Å²) in [6, 6.07) is 16.7. The third-order valence-corrected chi connectivity index (χ3v) is 6.32. The number of nitrogens with one attached hydrogen (secondary N) is 2. The van der Waals surface area contributed by atoms with Crippen LogP contribution in [0.2, 0.25) is 0 Å². The lowest BCUT2D eigenvalue weighted by Gasteiger charge is -2.28. The Kier molecular flexibility index (Phi) is 6.43. The van der Waals surface area contributed by atoms with Gasteiger partial charge in [-0.05, 0) is 29.7 Å². The van der Waals surface area contributed by atoms with Crippen molar-refractivity contribution in [2.45, 2.75) is 24.3 Å². The summed E-state index contributed by atoms with van der Waals surface area (Å²) < 4.78 is 34.2. The topological polar surface area (TPSA) is 59.8 Å². The molecule has 3 rings (SSSR count). The Morgan fingerprint density at radius 3 is 2.31 bits per heavy atom. The standard InChI is InChI=1S/C20H26N2O3S/c1-2-17-8-10-19(11-9-17)26(23,24)21-20(18-6-4-3-5-7-18)16-22-12-14-25-15-13-22/h3-11,20-21H,2,12-16H2,1H3/p+1/t20-/m0/s1. The highest BCUT2D eigenvalue weighted by Crippen LogP contribution is 2.17. The summed E-state index contributed by atoms with van der Waals surface area (Å²) in [7, 11) is -3.58. The van der Waals surface area contributed by atoms with Gasteiger partial charge in [-0.2, -0.15) is 4.72 Å². The van der Waals surface area contributed by atoms with E-state index in [0.717, 1.165) is 43.9 Å². The van der Waals surface area contributed by atoms with Gasteiger partial charge in [-0.3, -0.25) is 0 Å². The fourth-order valence-corrected chi connectivity index (χ4v) is 4.45. The highest BCUT2D eigenvalue weighted by molar-refractivity contribution is 7.89. The maximum Gasteiger partial charge on any atom is 0.241 e. The second-order valence-electron chi connectivity index (χ2n) is 6.65. The van der Waals surface area contributed by atoms with Crippen molar-refractivity contribution >= 4 is 10.0 Å². The summed E-state index contributed by atoms with van der Waals surface area (Å²) in [6.45, 7) is 6.01. The summed E-state index contributed by atoms with van der Waals surface area (Å²) in [5.74, 6) is 0. The minimum absolute atomic E-state index is 0.264. The first kappa shape index (κ1) is 19.0. The van der Waals surface area contributed by atoms with E-state index >= 15 is 0 Å². The minimum atomic E-state index is -3.58. The fraction of sp³-hybridized carbons (Fsp3) is 0.400. The van der Waals surface area contributed by atoms with Crippen LogP contribution in [0.5, 0.6) is 0 Å². The van der Waals surface area contributed by atoms with Gasteiger partial charge < -0.3 is 9.64 Å². The average Bonchev–Trinajstić information content (AvgIpc) is 2.69. The first-order chi connectivity index (χ1) is 12.6. The van der Waals surface area contributed by atoms with E-state index in [1.165, 1.54) is 4.90 Å². The molecule has 2 aromatic rings. The predicted molar refractivity (Wildman–Crippen MR) is 102 cm³/mol. The van der Waals surface area contributed by atoms with E-state index in [4.69, 9.17) is 4.74 Å². The lowest BCUT2D eigenvalue weighted by molar-refractivity contribution is -0.909. The number of sulfonamides is 1. The molecular formula is C20H27N2O3S+. The molecule has 2 N–H and O–H groups in total. The van der Waals surface area contributed by atoms with Gasteiger partial charge in [0.25, 0.3) is 0 Å². The number of ether oxygens (including phenoxy) is 1. The number of benzene rings is 2. The van der Waals surface area contributed by atoms with Gasteiger partial charge in [-0.25, -0.2) is 8.42 Å². The Labute approximate surface area is 156 Å². The maximum atomic E-state index is 12.9. The van der Waals surface area contributed by atoms with Crippen molar-refractivity contribution in [1.82, 2.24) is 4.72 Å². The van der Waals surface area contributed by atoms with E-state index < -0.39 is 10.0 Å². The van der Waals surface area contributed by atoms with Gasteiger partial charge in [0.2, 0.25) is 10.0 Å². The Hall–Kier alpha value is -1.73. The van der Waals surface area contributed by atoms with Gasteiger partial charge in [0, 0.05) is 0 Å². The molecule has 1 heterocycles. The Morgan fingerprint density at radius 1 is 1.04 bits per heavy atom. The van der Waals surface area contributed by atoms with Crippen LogP contribution < -0.4 is 9.62 Å². The van der Waals surface area contributed by atoms with Crippen molar-refractivity contribution in [3.63, 3.8) is 0 Å². The third-order valence-electron chi connectivity index (χ3n) is 4.83. The zero-order chi connectivity index (χ0) is 18.4. The number of hydrogen-bond donors (Lipinski definition) is 2. The molecule has 0 aliphatic carbocycles. The molecule has 26 heavy (non-hydrogen) atoms. The monoisotopic (exact) mass is 375 g/mol. The summed E-state index contributed by atoms with van der Waals surface area (Å²) in [5, 5.41) is 0. The predicted octanol–water partition coefficient (Wildman–Crippen LogP) is 1.18. The van der Waals surface area contributed by atoms with E-state index in [9.17, 15) is 8.42 Å². The van der Waals surface area contributed by atoms with Gasteiger partial charge in [0.1, 0.15) is 13.1 Å². The van der Waals surface area contributed by atoms with Gasteiger partial charge >= 0.3 is 0 Å². The molecule has 0 bridgehead atoms. The number of rotatable bonds is 7. The van der Waals surface area contributed by atoms with Crippen LogP contribution in [0.25, 0.3) is 0 Å². The van der Waals surface area contributed by atoms with Gasteiger partial charge in [0.15, 0.2) is 0 Å². The molecule has 6 heteroatoms. The average molecular weight is 376 g/mol. The van der Waals surface area contributed by atoms with Crippen LogP contribution in [0.4, 0.5) is 0 Å². The fourth-order valence-electron chi connectivity index (χ4n) is 3.23. The summed E-state index contributed by atoms with van der Waals surface area (Å²) >= 11 is 0. The maximum absolute atomic E-state index is 12.9. The van der Waals surface area contributed by atoms with E-state index in [-0.39, 0.29) is 6.04 Å². The summed E-state index contributed by atoms with van der Waals surface area (Å²) in [5.41, 5.74) is 2.11. The van der Waals surface area contributed by atoms with E-state index in [2.05, 4.69) is 11.6 Å². The van der Waals surface area contributed by atoms with Gasteiger partial charge in [-0.1, -0.05) is 49.4 Å². The van der Waals surface area contributed by atoms with Crippen LogP contribution >= 0.6 is 0 Å². The number of quaternary nitrogens is 1. The molecule has 5 nitrogen and oxygen atoms in total. The normalized spacial score (nSPS) is 17.1. The number of hydrogen-bond acceptors (Lipinski definition) is 3. The lowest BCUT2D eigenvalue weighted by Crippen LogP contribution is -3.14. The quantitative estimate of drug-likeness (QED) is 0.764. The highest BCUT2D eigenvalue weighted by Gasteiger charge is 2.26. The molecule has 0 aromatic heterocycles. The Bertz CT molecular complexity index is 786. The second kappa shape index (κ2) is 8.77. The van der Waals surface area contributed by atoms with Gasteiger partial charge in [-0.15, -0.1) is 0 Å². The number of aryl methyl sites for hydroxylation is 1. The minimum Gasteiger partial charge on any atom is -0.370 e. The van der Waals surface area contributed by atoms with E-state index in [1.54, 1.807) is 12.1 Å². The first-order valence-electron chi connectivity index (χ1n) is 9.16. The van der Waals surface area contributed by atoms with E-state index in [0.29, 0.717) is 11.4 Å². The molecule has 1 aliphatic heterocycles. The molecule has 0 spiro atoms. The van der Waals surface area contributed by atoms with Crippen LogP contribution in [0.3, 0.4) is 0 Å². The SMILES string of the molecule is CCc1ccc(S(=O)(=O)N[C@@H](C[NH+]2CCOCC2)c2ccccc2)cc1. The van der Waals surface area contributed by atoms with Crippen molar-refractivity contribution < 1.29 is 18.1 Å². The molecule has 0 unspecified atom stereocenters. The smallest absolute Gasteiger partial charge is 0.241 e. The van der Waals surface area contributed by atoms with Crippen LogP contribution in [-0.4, -0.2) is 41.3 Å². The molecule has 2 aromatic carbocycles. The third kappa shape index (κ3) is 4.92. The van der Waals surface area contributed by atoms with Crippen molar-refractivity contribution in [2.75, 3.05) is 32.8 Å². The van der Waals surface area contributed by atoms with Crippen LogP contribution in [0.15, 0.2) is 59.5 Å². The molecule has 0 radical (unpaired) electrons. The van der Waals surface area contributed by atoms with Crippen molar-refractivity contribution in [3.05, 3.63) is 65.7 Å². The molecule has 0 saturated carbocycles. The Morgan fingerprint density at radius 2 is 1.69 bits per heavy atom. The second-order valence-corrected chi connectivity index (χ2v) is 8.36. The van der Waals surface area contributed by atoms with E-state index in [1.807, 2.05) is 42.5 Å². The number of morpholine rings is 1. The molecule has 0 amide bonds. The first-order valence-corrected chi connectivity index (χ1v) is 10.6. The lowest BCUT2D eigenvalue weighted by atomic mass is 10.1. The molecule has 140 valence electrons. The molecular weight excluding hydrogens is 348 g/mol. The highest BCUT2D eigenvalue weighted by atomic mass is 32.2. The van der Waals surface area contributed by atoms with Gasteiger partial charge in [0.05, 0.1) is 30.7 Å². The van der Waals surface area contributed by atoms with Crippen LogP contribution in [-0.2, 0) is 21.2 Å². The molecule has 1 fully saturated rings. The Balaban J connectivity index is 1.81. The largest absolute Gasteiger partial charge is 0.370 e. The molecule has 1 aliphatic rings. The van der Waals surface area contributed by atoms with Crippen molar-refractivity contribution in [3.8, 4) is 0 Å². The van der Waals surface area contributed by atoms with Crippen molar-refractivity contribution in [2.24, 2.45) is 0 Å². The van der Waals surface area contributed by atoms with Crippen LogP contribution in [0.1, 0.15) is 24.1 Å². The van der Waals surface area contributed by atoms with Crippen LogP contribution in [0, 0.1) is 0 Å². The zero-order valence-electron chi connectivity index (χ0n) is 15.1. The summed E-state index contributed by atoms with van der Waals surface area (Å²) in [6.07, 6.45) is 0.890. The summed E-state index contributed by atoms with van der Waals surface area (Å²) in [4.78, 5) is 1.67.